The van der Waals surface area contributed by atoms with Crippen LogP contribution in [-0.4, -0.2) is 24.2 Å². The van der Waals surface area contributed by atoms with Crippen molar-refractivity contribution in [3.63, 3.8) is 0 Å². The predicted molar refractivity (Wildman–Crippen MR) is 69.0 cm³/mol. The van der Waals surface area contributed by atoms with Crippen molar-refractivity contribution in [1.82, 2.24) is 0 Å². The molecule has 1 N–H and O–H groups in total. The van der Waals surface area contributed by atoms with E-state index >= 15 is 0 Å². The zero-order valence-electron chi connectivity index (χ0n) is 11.1. The summed E-state index contributed by atoms with van der Waals surface area (Å²) in [6.45, 7) is 3.31. The number of benzene rings is 1. The summed E-state index contributed by atoms with van der Waals surface area (Å²) in [5, 5.41) is 8.98. The maximum absolute atomic E-state index is 12.8. The van der Waals surface area contributed by atoms with Crippen molar-refractivity contribution in [3.05, 3.63) is 29.3 Å². The molecule has 0 bridgehead atoms. The third-order valence-electron chi connectivity index (χ3n) is 3.46. The normalized spacial score (nSPS) is 15.2. The number of halogens is 3. The van der Waals surface area contributed by atoms with Gasteiger partial charge in [-0.15, -0.1) is 0 Å². The van der Waals surface area contributed by atoms with Crippen molar-refractivity contribution in [2.75, 3.05) is 18.0 Å². The van der Waals surface area contributed by atoms with Crippen molar-refractivity contribution in [3.8, 4) is 0 Å². The van der Waals surface area contributed by atoms with Gasteiger partial charge in [-0.3, -0.25) is 0 Å². The van der Waals surface area contributed by atoms with E-state index in [-0.39, 0.29) is 0 Å². The third-order valence-corrected chi connectivity index (χ3v) is 3.46. The fourth-order valence-corrected chi connectivity index (χ4v) is 2.18. The predicted octanol–water partition coefficient (Wildman–Crippen LogP) is 3.64. The second-order valence-corrected chi connectivity index (χ2v) is 5.01. The van der Waals surface area contributed by atoms with E-state index < -0.39 is 23.3 Å². The molecule has 6 heteroatoms. The minimum atomic E-state index is -4.65. The fraction of sp³-hybridized carbons (Fsp3) is 0.500. The second kappa shape index (κ2) is 5.34. The summed E-state index contributed by atoms with van der Waals surface area (Å²) in [5.74, 6) is -0.979. The number of aromatic carboxylic acids is 1. The molecule has 0 heterocycles. The van der Waals surface area contributed by atoms with Gasteiger partial charge in [-0.05, 0) is 43.9 Å². The van der Waals surface area contributed by atoms with Gasteiger partial charge in [-0.2, -0.15) is 13.2 Å². The molecule has 0 radical (unpaired) electrons. The smallest absolute Gasteiger partial charge is 0.417 e. The van der Waals surface area contributed by atoms with E-state index in [0.717, 1.165) is 31.5 Å². The van der Waals surface area contributed by atoms with Crippen LogP contribution in [0.25, 0.3) is 0 Å². The van der Waals surface area contributed by atoms with Crippen LogP contribution in [0.4, 0.5) is 18.9 Å². The molecule has 1 aromatic carbocycles. The van der Waals surface area contributed by atoms with Gasteiger partial charge in [0.1, 0.15) is 0 Å². The van der Waals surface area contributed by atoms with Gasteiger partial charge in [0.05, 0.1) is 11.1 Å². The monoisotopic (exact) mass is 287 g/mol. The standard InChI is InChI=1S/C14H16F3NO2/c1-2-18(8-9-3-4-9)10-5-6-12(14(15,16)17)11(7-10)13(19)20/h5-7,9H,2-4,8H2,1H3,(H,19,20). The molecule has 110 valence electrons. The molecule has 0 aliphatic heterocycles. The van der Waals surface area contributed by atoms with E-state index in [0.29, 0.717) is 18.2 Å². The van der Waals surface area contributed by atoms with Crippen LogP contribution < -0.4 is 4.90 Å². The quantitative estimate of drug-likeness (QED) is 0.898. The minimum absolute atomic E-state index is 0.532. The lowest BCUT2D eigenvalue weighted by molar-refractivity contribution is -0.138. The Bertz CT molecular complexity index is 510. The molecule has 2 rings (SSSR count). The van der Waals surface area contributed by atoms with Crippen LogP contribution in [0.5, 0.6) is 0 Å². The van der Waals surface area contributed by atoms with E-state index in [1.165, 1.54) is 6.07 Å². The van der Waals surface area contributed by atoms with Gasteiger partial charge in [0.2, 0.25) is 0 Å². The topological polar surface area (TPSA) is 40.5 Å². The number of nitrogens with zero attached hydrogens (tertiary/aromatic N) is 1. The molecule has 0 unspecified atom stereocenters. The summed E-state index contributed by atoms with van der Waals surface area (Å²) in [6.07, 6.45) is -2.40. The maximum atomic E-state index is 12.8. The first kappa shape index (κ1) is 14.7. The zero-order chi connectivity index (χ0) is 14.9. The molecule has 0 saturated heterocycles. The van der Waals surface area contributed by atoms with Crippen molar-refractivity contribution in [2.24, 2.45) is 5.92 Å². The van der Waals surface area contributed by atoms with Crippen molar-refractivity contribution in [2.45, 2.75) is 25.9 Å². The Morgan fingerprint density at radius 1 is 1.40 bits per heavy atom. The summed E-state index contributed by atoms with van der Waals surface area (Å²) in [7, 11) is 0. The molecular weight excluding hydrogens is 271 g/mol. The van der Waals surface area contributed by atoms with E-state index in [2.05, 4.69) is 0 Å². The Morgan fingerprint density at radius 3 is 2.50 bits per heavy atom. The first-order valence-corrected chi connectivity index (χ1v) is 6.52. The van der Waals surface area contributed by atoms with Crippen LogP contribution in [0.3, 0.4) is 0 Å². The molecule has 1 aromatic rings. The van der Waals surface area contributed by atoms with Gasteiger partial charge in [0.25, 0.3) is 0 Å². The Labute approximate surface area is 115 Å². The van der Waals surface area contributed by atoms with E-state index in [1.54, 1.807) is 0 Å². The number of carbonyl (C=O) groups is 1. The van der Waals surface area contributed by atoms with Crippen LogP contribution in [-0.2, 0) is 6.18 Å². The third kappa shape index (κ3) is 3.23. The molecule has 1 fully saturated rings. The van der Waals surface area contributed by atoms with E-state index in [1.807, 2.05) is 11.8 Å². The SMILES string of the molecule is CCN(CC1CC1)c1ccc(C(F)(F)F)c(C(=O)O)c1. The van der Waals surface area contributed by atoms with Crippen molar-refractivity contribution >= 4 is 11.7 Å². The van der Waals surface area contributed by atoms with Crippen LogP contribution in [0.2, 0.25) is 0 Å². The van der Waals surface area contributed by atoms with E-state index in [4.69, 9.17) is 5.11 Å². The molecule has 1 aliphatic rings. The number of hydrogen-bond acceptors (Lipinski definition) is 2. The summed E-state index contributed by atoms with van der Waals surface area (Å²) in [6, 6.07) is 3.33. The molecular formula is C14H16F3NO2. The second-order valence-electron chi connectivity index (χ2n) is 5.01. The Hall–Kier alpha value is -1.72. The average Bonchev–Trinajstić information content (AvgIpc) is 3.18. The van der Waals surface area contributed by atoms with Crippen LogP contribution in [0, 0.1) is 5.92 Å². The number of carboxylic acid groups (broad SMARTS) is 1. The molecule has 0 spiro atoms. The number of carboxylic acids is 1. The highest BCUT2D eigenvalue weighted by molar-refractivity contribution is 5.91. The Morgan fingerprint density at radius 2 is 2.05 bits per heavy atom. The molecule has 1 aliphatic carbocycles. The molecule has 20 heavy (non-hydrogen) atoms. The lowest BCUT2D eigenvalue weighted by Crippen LogP contribution is -2.26. The highest BCUT2D eigenvalue weighted by Gasteiger charge is 2.35. The zero-order valence-corrected chi connectivity index (χ0v) is 11.1. The Kier molecular flexibility index (Phi) is 3.92. The number of rotatable bonds is 5. The van der Waals surface area contributed by atoms with Gasteiger partial charge in [-0.25, -0.2) is 4.79 Å². The highest BCUT2D eigenvalue weighted by Crippen LogP contribution is 2.35. The molecule has 0 amide bonds. The van der Waals surface area contributed by atoms with Gasteiger partial charge in [0.15, 0.2) is 0 Å². The van der Waals surface area contributed by atoms with Crippen LogP contribution in [0.1, 0.15) is 35.7 Å². The van der Waals surface area contributed by atoms with Gasteiger partial charge in [-0.1, -0.05) is 0 Å². The Balaban J connectivity index is 2.35. The van der Waals surface area contributed by atoms with Gasteiger partial charge < -0.3 is 10.0 Å². The first-order chi connectivity index (χ1) is 9.32. The largest absolute Gasteiger partial charge is 0.478 e. The van der Waals surface area contributed by atoms with E-state index in [9.17, 15) is 18.0 Å². The molecule has 3 nitrogen and oxygen atoms in total. The van der Waals surface area contributed by atoms with Crippen molar-refractivity contribution < 1.29 is 23.1 Å². The molecule has 0 aromatic heterocycles. The summed E-state index contributed by atoms with van der Waals surface area (Å²) < 4.78 is 38.3. The van der Waals surface area contributed by atoms with Crippen molar-refractivity contribution in [1.29, 1.82) is 0 Å². The minimum Gasteiger partial charge on any atom is -0.478 e. The summed E-state index contributed by atoms with van der Waals surface area (Å²) in [5.41, 5.74) is -1.26. The average molecular weight is 287 g/mol. The summed E-state index contributed by atoms with van der Waals surface area (Å²) >= 11 is 0. The first-order valence-electron chi connectivity index (χ1n) is 6.52. The lowest BCUT2D eigenvalue weighted by atomic mass is 10.1. The van der Waals surface area contributed by atoms with Gasteiger partial charge >= 0.3 is 12.1 Å². The summed E-state index contributed by atoms with van der Waals surface area (Å²) in [4.78, 5) is 13.0. The molecule has 1 saturated carbocycles. The number of alkyl halides is 3. The van der Waals surface area contributed by atoms with Crippen LogP contribution >= 0.6 is 0 Å². The lowest BCUT2D eigenvalue weighted by Gasteiger charge is -2.24. The van der Waals surface area contributed by atoms with Gasteiger partial charge in [0, 0.05) is 18.8 Å². The highest BCUT2D eigenvalue weighted by atomic mass is 19.4. The number of hydrogen-bond donors (Lipinski definition) is 1. The molecule has 0 atom stereocenters. The maximum Gasteiger partial charge on any atom is 0.417 e. The van der Waals surface area contributed by atoms with Crippen LogP contribution in [0.15, 0.2) is 18.2 Å². The number of anilines is 1. The fourth-order valence-electron chi connectivity index (χ4n) is 2.18.